The highest BCUT2D eigenvalue weighted by atomic mass is 32.2. The van der Waals surface area contributed by atoms with E-state index < -0.39 is 19.9 Å². The number of sulfone groups is 1. The van der Waals surface area contributed by atoms with Crippen LogP contribution in [0.15, 0.2) is 52.3 Å². The minimum Gasteiger partial charge on any atom is -0.379 e. The van der Waals surface area contributed by atoms with Gasteiger partial charge in [0.25, 0.3) is 5.91 Å². The number of anilines is 1. The van der Waals surface area contributed by atoms with Crippen LogP contribution in [0, 0.1) is 0 Å². The zero-order valence-corrected chi connectivity index (χ0v) is 26.9. The fourth-order valence-corrected chi connectivity index (χ4v) is 7.95. The Labute approximate surface area is 253 Å². The number of fused-ring (bicyclic) bond motifs is 1. The summed E-state index contributed by atoms with van der Waals surface area (Å²) < 4.78 is 58.7. The molecule has 2 heterocycles. The standard InChI is InChI=1S/C29H40N4O6S3/c1-4-6-14-32(15-7-5-2)42(37,38)24-10-8-23(9-11-24)28(34)33(17-16-31-18-20-39-21-19-31)29-30-26-13-12-25(41(3,35)36)22-27(26)40-29/h8-13,22H,4-7,14-21H2,1-3H3. The molecule has 0 aliphatic carbocycles. The van der Waals surface area contributed by atoms with E-state index in [4.69, 9.17) is 4.74 Å². The minimum atomic E-state index is -3.69. The van der Waals surface area contributed by atoms with Crippen LogP contribution in [-0.4, -0.2) is 95.7 Å². The number of carbonyl (C=O) groups excluding carboxylic acids is 1. The highest BCUT2D eigenvalue weighted by Gasteiger charge is 2.26. The molecule has 1 fully saturated rings. The maximum Gasteiger partial charge on any atom is 0.260 e. The maximum absolute atomic E-state index is 13.9. The van der Waals surface area contributed by atoms with Gasteiger partial charge in [0, 0.05) is 51.1 Å². The van der Waals surface area contributed by atoms with Gasteiger partial charge in [0.2, 0.25) is 10.0 Å². The molecule has 2 aromatic carbocycles. The van der Waals surface area contributed by atoms with Crippen molar-refractivity contribution in [3.05, 3.63) is 48.0 Å². The fourth-order valence-electron chi connectivity index (χ4n) is 4.68. The fraction of sp³-hybridized carbons (Fsp3) is 0.517. The molecule has 4 rings (SSSR count). The largest absolute Gasteiger partial charge is 0.379 e. The first-order chi connectivity index (χ1) is 20.0. The Morgan fingerprint density at radius 3 is 2.14 bits per heavy atom. The molecular formula is C29H40N4O6S3. The minimum absolute atomic E-state index is 0.166. The van der Waals surface area contributed by atoms with E-state index in [1.54, 1.807) is 29.2 Å². The van der Waals surface area contributed by atoms with Crippen LogP contribution in [0.5, 0.6) is 0 Å². The smallest absolute Gasteiger partial charge is 0.260 e. The molecule has 1 aliphatic heterocycles. The number of amides is 1. The second kappa shape index (κ2) is 14.4. The van der Waals surface area contributed by atoms with Crippen molar-refractivity contribution in [3.63, 3.8) is 0 Å². The lowest BCUT2D eigenvalue weighted by Crippen LogP contribution is -2.43. The van der Waals surface area contributed by atoms with Gasteiger partial charge in [-0.2, -0.15) is 4.31 Å². The molecule has 13 heteroatoms. The van der Waals surface area contributed by atoms with E-state index in [-0.39, 0.29) is 15.7 Å². The van der Waals surface area contributed by atoms with E-state index in [1.807, 2.05) is 13.8 Å². The first-order valence-electron chi connectivity index (χ1n) is 14.4. The molecule has 0 saturated carbocycles. The zero-order chi connectivity index (χ0) is 30.3. The number of thiazole rings is 1. The third-order valence-corrected chi connectivity index (χ3v) is 11.3. The number of unbranched alkanes of at least 4 members (excludes halogenated alkanes) is 2. The second-order valence-corrected chi connectivity index (χ2v) is 15.4. The van der Waals surface area contributed by atoms with E-state index in [1.165, 1.54) is 33.8 Å². The summed E-state index contributed by atoms with van der Waals surface area (Å²) >= 11 is 1.26. The first-order valence-corrected chi connectivity index (χ1v) is 18.5. The molecule has 1 aromatic heterocycles. The third-order valence-electron chi connectivity index (χ3n) is 7.26. The van der Waals surface area contributed by atoms with E-state index >= 15 is 0 Å². The number of hydrogen-bond acceptors (Lipinski definition) is 9. The number of morpholine rings is 1. The van der Waals surface area contributed by atoms with Crippen LogP contribution in [0.25, 0.3) is 10.2 Å². The van der Waals surface area contributed by atoms with Crippen LogP contribution in [0.3, 0.4) is 0 Å². The van der Waals surface area contributed by atoms with E-state index in [0.717, 1.165) is 45.0 Å². The number of aromatic nitrogens is 1. The van der Waals surface area contributed by atoms with Gasteiger partial charge in [-0.05, 0) is 55.3 Å². The Balaban J connectivity index is 1.62. The van der Waals surface area contributed by atoms with Crippen molar-refractivity contribution in [3.8, 4) is 0 Å². The Hall–Kier alpha value is -2.42. The third kappa shape index (κ3) is 7.94. The number of nitrogens with zero attached hydrogens (tertiary/aromatic N) is 4. The summed E-state index contributed by atoms with van der Waals surface area (Å²) in [4.78, 5) is 22.7. The first kappa shape index (κ1) is 32.5. The highest BCUT2D eigenvalue weighted by molar-refractivity contribution is 7.90. The lowest BCUT2D eigenvalue weighted by atomic mass is 10.2. The van der Waals surface area contributed by atoms with Gasteiger partial charge in [-0.3, -0.25) is 14.6 Å². The lowest BCUT2D eigenvalue weighted by Gasteiger charge is -2.29. The van der Waals surface area contributed by atoms with Gasteiger partial charge >= 0.3 is 0 Å². The summed E-state index contributed by atoms with van der Waals surface area (Å²) in [7, 11) is -7.08. The Morgan fingerprint density at radius 1 is 0.929 bits per heavy atom. The molecular weight excluding hydrogens is 597 g/mol. The molecule has 3 aromatic rings. The summed E-state index contributed by atoms with van der Waals surface area (Å²) in [6, 6.07) is 10.9. The normalized spacial score (nSPS) is 15.0. The molecule has 1 amide bonds. The molecule has 0 bridgehead atoms. The zero-order valence-electron chi connectivity index (χ0n) is 24.5. The van der Waals surface area contributed by atoms with Crippen molar-refractivity contribution in [2.45, 2.75) is 49.3 Å². The molecule has 1 aliphatic rings. The van der Waals surface area contributed by atoms with Crippen LogP contribution in [0.1, 0.15) is 49.9 Å². The van der Waals surface area contributed by atoms with E-state index in [9.17, 15) is 21.6 Å². The number of hydrogen-bond donors (Lipinski definition) is 0. The van der Waals surface area contributed by atoms with Gasteiger partial charge < -0.3 is 4.74 Å². The summed E-state index contributed by atoms with van der Waals surface area (Å²) in [6.07, 6.45) is 4.52. The lowest BCUT2D eigenvalue weighted by molar-refractivity contribution is 0.0391. The van der Waals surface area contributed by atoms with Gasteiger partial charge in [-0.1, -0.05) is 38.0 Å². The quantitative estimate of drug-likeness (QED) is 0.258. The van der Waals surface area contributed by atoms with Gasteiger partial charge in [0.15, 0.2) is 15.0 Å². The monoisotopic (exact) mass is 636 g/mol. The van der Waals surface area contributed by atoms with Crippen molar-refractivity contribution in [1.29, 1.82) is 0 Å². The predicted molar refractivity (Wildman–Crippen MR) is 167 cm³/mol. The summed E-state index contributed by atoms with van der Waals surface area (Å²) in [5.74, 6) is -0.302. The van der Waals surface area contributed by atoms with Gasteiger partial charge in [-0.15, -0.1) is 0 Å². The molecule has 0 radical (unpaired) electrons. The Kier molecular flexibility index (Phi) is 11.1. The Morgan fingerprint density at radius 2 is 1.55 bits per heavy atom. The van der Waals surface area contributed by atoms with E-state index in [2.05, 4.69) is 9.88 Å². The number of sulfonamides is 1. The van der Waals surface area contributed by atoms with Crippen LogP contribution < -0.4 is 4.90 Å². The molecule has 0 N–H and O–H groups in total. The molecule has 230 valence electrons. The Bertz CT molecular complexity index is 1560. The van der Waals surface area contributed by atoms with Crippen molar-refractivity contribution in [2.24, 2.45) is 0 Å². The van der Waals surface area contributed by atoms with Crippen molar-refractivity contribution in [1.82, 2.24) is 14.2 Å². The molecule has 0 atom stereocenters. The molecule has 0 unspecified atom stereocenters. The topological polar surface area (TPSA) is 117 Å². The van der Waals surface area contributed by atoms with Crippen LogP contribution >= 0.6 is 11.3 Å². The molecule has 42 heavy (non-hydrogen) atoms. The average molecular weight is 637 g/mol. The number of ether oxygens (including phenoxy) is 1. The second-order valence-electron chi connectivity index (χ2n) is 10.4. The van der Waals surface area contributed by atoms with Crippen LogP contribution in [0.4, 0.5) is 5.13 Å². The highest BCUT2D eigenvalue weighted by Crippen LogP contribution is 2.32. The summed E-state index contributed by atoms with van der Waals surface area (Å²) in [6.45, 7) is 8.76. The van der Waals surface area contributed by atoms with Crippen molar-refractivity contribution in [2.75, 3.05) is 63.6 Å². The van der Waals surface area contributed by atoms with Crippen molar-refractivity contribution >= 4 is 52.5 Å². The van der Waals surface area contributed by atoms with E-state index in [0.29, 0.717) is 60.3 Å². The summed E-state index contributed by atoms with van der Waals surface area (Å²) in [5, 5.41) is 0.455. The summed E-state index contributed by atoms with van der Waals surface area (Å²) in [5.41, 5.74) is 0.952. The van der Waals surface area contributed by atoms with Crippen molar-refractivity contribution < 1.29 is 26.4 Å². The predicted octanol–water partition coefficient (Wildman–Crippen LogP) is 4.27. The average Bonchev–Trinajstić information content (AvgIpc) is 3.40. The number of carbonyl (C=O) groups is 1. The molecule has 1 saturated heterocycles. The van der Waals surface area contributed by atoms with Gasteiger partial charge in [0.05, 0.1) is 33.2 Å². The molecule has 0 spiro atoms. The van der Waals surface area contributed by atoms with Gasteiger partial charge in [-0.25, -0.2) is 21.8 Å². The van der Waals surface area contributed by atoms with Gasteiger partial charge in [0.1, 0.15) is 0 Å². The maximum atomic E-state index is 13.9. The van der Waals surface area contributed by atoms with Crippen LogP contribution in [0.2, 0.25) is 0 Å². The van der Waals surface area contributed by atoms with Crippen LogP contribution in [-0.2, 0) is 24.6 Å². The SMILES string of the molecule is CCCCN(CCCC)S(=O)(=O)c1ccc(C(=O)N(CCN2CCOCC2)c2nc3ccc(S(C)(=O)=O)cc3s2)cc1. The number of benzene rings is 2. The number of rotatable bonds is 14. The molecule has 10 nitrogen and oxygen atoms in total.